The summed E-state index contributed by atoms with van der Waals surface area (Å²) in [4.78, 5) is 0. The number of benzene rings is 3. The van der Waals surface area contributed by atoms with Crippen LogP contribution in [0.1, 0.15) is 18.4 Å². The molecule has 4 rings (SSSR count). The average molecular weight is 363 g/mol. The van der Waals surface area contributed by atoms with E-state index < -0.39 is 0 Å². The molecule has 5 heteroatoms. The van der Waals surface area contributed by atoms with Crippen molar-refractivity contribution in [1.82, 2.24) is 10.7 Å². The van der Waals surface area contributed by atoms with Crippen molar-refractivity contribution >= 4 is 45.1 Å². The van der Waals surface area contributed by atoms with Crippen LogP contribution in [0.25, 0.3) is 21.5 Å². The Balaban J connectivity index is 1.53. The number of fused-ring (bicyclic) bond motifs is 2. The van der Waals surface area contributed by atoms with E-state index in [1.807, 2.05) is 6.21 Å². The zero-order chi connectivity index (χ0) is 17.8. The lowest BCUT2D eigenvalue weighted by molar-refractivity contribution is 0.114. The van der Waals surface area contributed by atoms with Crippen LogP contribution in [-0.4, -0.2) is 30.6 Å². The van der Waals surface area contributed by atoms with Gasteiger partial charge in [0.2, 0.25) is 0 Å². The van der Waals surface area contributed by atoms with Crippen molar-refractivity contribution in [3.05, 3.63) is 60.2 Å². The number of rotatable bonds is 4. The molecule has 0 aromatic heterocycles. The van der Waals surface area contributed by atoms with Crippen molar-refractivity contribution in [2.75, 3.05) is 13.2 Å². The van der Waals surface area contributed by atoms with Crippen LogP contribution in [0.4, 0.5) is 0 Å². The largest absolute Gasteiger partial charge is 0.376 e. The summed E-state index contributed by atoms with van der Waals surface area (Å²) in [5, 5.41) is 12.8. The third kappa shape index (κ3) is 3.69. The van der Waals surface area contributed by atoms with Gasteiger partial charge in [0.15, 0.2) is 5.11 Å². The number of hydrogen-bond acceptors (Lipinski definition) is 3. The predicted octanol–water partition coefficient (Wildman–Crippen LogP) is 3.97. The third-order valence-corrected chi connectivity index (χ3v) is 4.92. The van der Waals surface area contributed by atoms with Gasteiger partial charge in [-0.2, -0.15) is 5.10 Å². The van der Waals surface area contributed by atoms with Crippen molar-refractivity contribution in [3.63, 3.8) is 0 Å². The van der Waals surface area contributed by atoms with Gasteiger partial charge in [0, 0.05) is 18.7 Å². The molecule has 1 saturated heterocycles. The lowest BCUT2D eigenvalue weighted by Gasteiger charge is -2.12. The van der Waals surface area contributed by atoms with Crippen LogP contribution >= 0.6 is 12.2 Å². The molecule has 2 N–H and O–H groups in total. The zero-order valence-corrected chi connectivity index (χ0v) is 15.3. The second-order valence-corrected chi connectivity index (χ2v) is 6.86. The second-order valence-electron chi connectivity index (χ2n) is 6.45. The fourth-order valence-electron chi connectivity index (χ4n) is 3.39. The maximum Gasteiger partial charge on any atom is 0.187 e. The van der Waals surface area contributed by atoms with Crippen LogP contribution in [0, 0.1) is 0 Å². The molecule has 1 fully saturated rings. The first kappa shape index (κ1) is 16.9. The first-order chi connectivity index (χ1) is 12.8. The molecule has 0 amide bonds. The summed E-state index contributed by atoms with van der Waals surface area (Å²) in [5.74, 6) is 0. The van der Waals surface area contributed by atoms with E-state index in [0.29, 0.717) is 5.11 Å². The standard InChI is InChI=1S/C21H21N3OS/c26-21(22-13-17-8-5-11-25-17)24-23-14-20-18-9-3-1-6-15(18)12-16-7-2-4-10-19(16)20/h1-4,6-7,9-10,12,14,17H,5,8,11,13H2,(H2,22,24,26)/b23-14-/t17-/m0/s1. The van der Waals surface area contributed by atoms with Crippen molar-refractivity contribution in [2.24, 2.45) is 5.10 Å². The Bertz CT molecular complexity index is 910. The molecule has 0 saturated carbocycles. The number of ether oxygens (including phenoxy) is 1. The number of hydrazone groups is 1. The fourth-order valence-corrected chi connectivity index (χ4v) is 3.53. The maximum absolute atomic E-state index is 5.59. The molecule has 0 spiro atoms. The Hall–Kier alpha value is -2.50. The lowest BCUT2D eigenvalue weighted by atomic mass is 9.97. The summed E-state index contributed by atoms with van der Waals surface area (Å²) in [6.07, 6.45) is 4.31. The topological polar surface area (TPSA) is 45.6 Å². The van der Waals surface area contributed by atoms with Crippen LogP contribution in [0.5, 0.6) is 0 Å². The van der Waals surface area contributed by atoms with Crippen LogP contribution < -0.4 is 10.7 Å². The molecule has 1 aliphatic rings. The highest BCUT2D eigenvalue weighted by atomic mass is 32.1. The number of nitrogens with zero attached hydrogens (tertiary/aromatic N) is 1. The van der Waals surface area contributed by atoms with Crippen molar-refractivity contribution in [1.29, 1.82) is 0 Å². The summed E-state index contributed by atoms with van der Waals surface area (Å²) in [6.45, 7) is 1.57. The van der Waals surface area contributed by atoms with Crippen LogP contribution in [-0.2, 0) is 4.74 Å². The highest BCUT2D eigenvalue weighted by molar-refractivity contribution is 7.80. The SMILES string of the molecule is S=C(NC[C@@H]1CCCO1)N/N=C\c1c2ccccc2cc2ccccc12. The molecule has 0 radical (unpaired) electrons. The van der Waals surface area contributed by atoms with Gasteiger partial charge in [0.25, 0.3) is 0 Å². The van der Waals surface area contributed by atoms with Gasteiger partial charge in [0.05, 0.1) is 12.3 Å². The summed E-state index contributed by atoms with van der Waals surface area (Å²) >= 11 is 5.30. The summed E-state index contributed by atoms with van der Waals surface area (Å²) in [6, 6.07) is 18.9. The molecule has 26 heavy (non-hydrogen) atoms. The van der Waals surface area contributed by atoms with E-state index >= 15 is 0 Å². The first-order valence-corrected chi connectivity index (χ1v) is 9.31. The van der Waals surface area contributed by atoms with Gasteiger partial charge >= 0.3 is 0 Å². The molecule has 0 bridgehead atoms. The van der Waals surface area contributed by atoms with Crippen LogP contribution in [0.3, 0.4) is 0 Å². The summed E-state index contributed by atoms with van der Waals surface area (Å²) in [5.41, 5.74) is 4.01. The van der Waals surface area contributed by atoms with Crippen LogP contribution in [0.15, 0.2) is 59.7 Å². The zero-order valence-electron chi connectivity index (χ0n) is 14.4. The molecule has 3 aromatic rings. The van der Waals surface area contributed by atoms with E-state index in [-0.39, 0.29) is 6.10 Å². The summed E-state index contributed by atoms with van der Waals surface area (Å²) < 4.78 is 5.59. The van der Waals surface area contributed by atoms with Gasteiger partial charge in [-0.3, -0.25) is 5.43 Å². The van der Waals surface area contributed by atoms with Crippen molar-refractivity contribution < 1.29 is 4.74 Å². The summed E-state index contributed by atoms with van der Waals surface area (Å²) in [7, 11) is 0. The minimum Gasteiger partial charge on any atom is -0.376 e. The van der Waals surface area contributed by atoms with E-state index in [2.05, 4.69) is 70.4 Å². The minimum absolute atomic E-state index is 0.251. The maximum atomic E-state index is 5.59. The van der Waals surface area contributed by atoms with Gasteiger partial charge in [-0.05, 0) is 52.7 Å². The van der Waals surface area contributed by atoms with Gasteiger partial charge < -0.3 is 10.1 Å². The predicted molar refractivity (Wildman–Crippen MR) is 112 cm³/mol. The van der Waals surface area contributed by atoms with E-state index in [4.69, 9.17) is 17.0 Å². The van der Waals surface area contributed by atoms with Crippen LogP contribution in [0.2, 0.25) is 0 Å². The Kier molecular flexibility index (Phi) is 5.09. The average Bonchev–Trinajstić information content (AvgIpc) is 3.19. The molecule has 0 aliphatic carbocycles. The van der Waals surface area contributed by atoms with E-state index in [9.17, 15) is 0 Å². The fraction of sp³-hybridized carbons (Fsp3) is 0.238. The normalized spacial score (nSPS) is 17.2. The molecular weight excluding hydrogens is 342 g/mol. The number of nitrogens with one attached hydrogen (secondary N) is 2. The molecule has 0 unspecified atom stereocenters. The van der Waals surface area contributed by atoms with Gasteiger partial charge in [-0.1, -0.05) is 48.5 Å². The Morgan fingerprint density at radius 1 is 1.12 bits per heavy atom. The minimum atomic E-state index is 0.251. The first-order valence-electron chi connectivity index (χ1n) is 8.90. The third-order valence-electron chi connectivity index (χ3n) is 4.69. The molecule has 1 heterocycles. The molecule has 3 aromatic carbocycles. The van der Waals surface area contributed by atoms with Gasteiger partial charge in [-0.25, -0.2) is 0 Å². The molecule has 1 aliphatic heterocycles. The molecule has 132 valence electrons. The number of hydrogen-bond donors (Lipinski definition) is 2. The van der Waals surface area contributed by atoms with E-state index in [1.165, 1.54) is 21.5 Å². The van der Waals surface area contributed by atoms with E-state index in [0.717, 1.165) is 31.6 Å². The van der Waals surface area contributed by atoms with E-state index in [1.54, 1.807) is 0 Å². The molecule has 4 nitrogen and oxygen atoms in total. The van der Waals surface area contributed by atoms with Crippen molar-refractivity contribution in [2.45, 2.75) is 18.9 Å². The highest BCUT2D eigenvalue weighted by Crippen LogP contribution is 2.27. The van der Waals surface area contributed by atoms with Gasteiger partial charge in [-0.15, -0.1) is 0 Å². The smallest absolute Gasteiger partial charge is 0.187 e. The Morgan fingerprint density at radius 3 is 2.46 bits per heavy atom. The molecular formula is C21H21N3OS. The lowest BCUT2D eigenvalue weighted by Crippen LogP contribution is -2.37. The Labute approximate surface area is 158 Å². The molecule has 1 atom stereocenters. The second kappa shape index (κ2) is 7.81. The number of thiocarbonyl (C=S) groups is 1. The monoisotopic (exact) mass is 363 g/mol. The Morgan fingerprint density at radius 2 is 1.81 bits per heavy atom. The van der Waals surface area contributed by atoms with Crippen molar-refractivity contribution in [3.8, 4) is 0 Å². The quantitative estimate of drug-likeness (QED) is 0.319. The highest BCUT2D eigenvalue weighted by Gasteiger charge is 2.15. The van der Waals surface area contributed by atoms with Gasteiger partial charge in [0.1, 0.15) is 0 Å².